The van der Waals surface area contributed by atoms with Crippen LogP contribution in [0.5, 0.6) is 0 Å². The molecule has 9 heteroatoms. The molecule has 3 aliphatic rings. The Kier molecular flexibility index (Phi) is 10.1. The Morgan fingerprint density at radius 3 is 2.54 bits per heavy atom. The molecule has 7 atom stereocenters. The molecule has 0 aliphatic carbocycles. The fourth-order valence-corrected chi connectivity index (χ4v) is 10.7. The van der Waals surface area contributed by atoms with E-state index in [0.29, 0.717) is 19.3 Å². The number of benzene rings is 1. The zero-order valence-corrected chi connectivity index (χ0v) is 27.0. The minimum absolute atomic E-state index is 0.0525. The summed E-state index contributed by atoms with van der Waals surface area (Å²) in [6.07, 6.45) is 6.00. The van der Waals surface area contributed by atoms with E-state index in [1.165, 1.54) is 0 Å². The molecular formula is C32H43BrN2O5S. The number of aryl methyl sites for hydroxylation is 2. The van der Waals surface area contributed by atoms with E-state index < -0.39 is 28.7 Å². The molecule has 3 saturated heterocycles. The van der Waals surface area contributed by atoms with Crippen LogP contribution in [0.4, 0.5) is 5.69 Å². The Hall–Kier alpha value is -2.10. The number of hydrogen-bond donors (Lipinski definition) is 1. The van der Waals surface area contributed by atoms with Crippen molar-refractivity contribution in [3.05, 3.63) is 54.6 Å². The summed E-state index contributed by atoms with van der Waals surface area (Å²) >= 11 is 5.40. The Labute approximate surface area is 256 Å². The van der Waals surface area contributed by atoms with Crippen LogP contribution in [-0.4, -0.2) is 74.5 Å². The number of ether oxygens (including phenoxy) is 1. The first-order valence-corrected chi connectivity index (χ1v) is 16.3. The minimum Gasteiger partial charge on any atom is -0.465 e. The summed E-state index contributed by atoms with van der Waals surface area (Å²) in [7, 11) is 0. The van der Waals surface area contributed by atoms with Crippen LogP contribution in [0.2, 0.25) is 0 Å². The Morgan fingerprint density at radius 2 is 1.95 bits per heavy atom. The molecular weight excluding hydrogens is 604 g/mol. The number of nitrogens with zero attached hydrogens (tertiary/aromatic N) is 2. The first-order valence-electron chi connectivity index (χ1n) is 14.5. The maximum absolute atomic E-state index is 14.9. The molecule has 4 rings (SSSR count). The molecule has 1 N–H and O–H groups in total. The molecule has 3 aliphatic heterocycles. The van der Waals surface area contributed by atoms with Gasteiger partial charge in [0.25, 0.3) is 5.91 Å². The van der Waals surface area contributed by atoms with Crippen LogP contribution in [0.3, 0.4) is 0 Å². The summed E-state index contributed by atoms with van der Waals surface area (Å²) in [5.74, 6) is -1.99. The van der Waals surface area contributed by atoms with Gasteiger partial charge in [0.1, 0.15) is 6.04 Å². The van der Waals surface area contributed by atoms with Gasteiger partial charge in [-0.3, -0.25) is 14.4 Å². The van der Waals surface area contributed by atoms with Gasteiger partial charge in [0.05, 0.1) is 35.8 Å². The Morgan fingerprint density at radius 1 is 1.27 bits per heavy atom. The van der Waals surface area contributed by atoms with E-state index in [9.17, 15) is 19.5 Å². The van der Waals surface area contributed by atoms with Crippen LogP contribution < -0.4 is 4.90 Å². The number of aliphatic hydroxyl groups excluding tert-OH is 1. The summed E-state index contributed by atoms with van der Waals surface area (Å²) in [6.45, 7) is 16.0. The van der Waals surface area contributed by atoms with Crippen molar-refractivity contribution in [1.29, 1.82) is 0 Å². The first kappa shape index (κ1) is 31.8. The molecule has 2 amide bonds. The topological polar surface area (TPSA) is 87.1 Å². The highest BCUT2D eigenvalue weighted by Crippen LogP contribution is 2.68. The molecule has 0 saturated carbocycles. The predicted molar refractivity (Wildman–Crippen MR) is 168 cm³/mol. The third-order valence-electron chi connectivity index (χ3n) is 8.66. The van der Waals surface area contributed by atoms with E-state index in [0.717, 1.165) is 23.2 Å². The van der Waals surface area contributed by atoms with Crippen molar-refractivity contribution in [2.75, 3.05) is 24.7 Å². The predicted octanol–water partition coefficient (Wildman–Crippen LogP) is 5.20. The quantitative estimate of drug-likeness (QED) is 0.137. The molecule has 0 radical (unpaired) electrons. The number of carbonyl (C=O) groups excluding carboxylic acids is 3. The highest BCUT2D eigenvalue weighted by molar-refractivity contribution is 9.09. The number of halogens is 1. The van der Waals surface area contributed by atoms with Crippen molar-refractivity contribution in [3.63, 3.8) is 0 Å². The van der Waals surface area contributed by atoms with Crippen LogP contribution in [0.1, 0.15) is 50.7 Å². The van der Waals surface area contributed by atoms with Gasteiger partial charge in [0, 0.05) is 22.3 Å². The van der Waals surface area contributed by atoms with Crippen LogP contribution in [-0.2, 0) is 19.1 Å². The van der Waals surface area contributed by atoms with Crippen molar-refractivity contribution in [2.45, 2.75) is 80.3 Å². The molecule has 224 valence electrons. The van der Waals surface area contributed by atoms with Gasteiger partial charge in [-0.25, -0.2) is 0 Å². The Balaban J connectivity index is 1.82. The maximum Gasteiger partial charge on any atom is 0.310 e. The van der Waals surface area contributed by atoms with E-state index in [2.05, 4.69) is 29.1 Å². The number of likely N-dealkylation sites (tertiary alicyclic amines) is 1. The second-order valence-corrected chi connectivity index (χ2v) is 14.7. The molecule has 1 aromatic rings. The lowest BCUT2D eigenvalue weighted by molar-refractivity contribution is -0.154. The molecule has 3 heterocycles. The van der Waals surface area contributed by atoms with Crippen molar-refractivity contribution >= 4 is 51.2 Å². The number of aliphatic hydroxyl groups is 1. The summed E-state index contributed by atoms with van der Waals surface area (Å²) in [5.41, 5.74) is 2.71. The van der Waals surface area contributed by atoms with E-state index in [1.54, 1.807) is 33.7 Å². The zero-order chi connectivity index (χ0) is 30.1. The number of rotatable bonds is 13. The van der Waals surface area contributed by atoms with Crippen molar-refractivity contribution in [3.8, 4) is 0 Å². The normalized spacial score (nSPS) is 29.0. The van der Waals surface area contributed by atoms with Gasteiger partial charge < -0.3 is 19.6 Å². The number of anilines is 1. The fraction of sp³-hybridized carbons (Fsp3) is 0.594. The molecule has 2 bridgehead atoms. The van der Waals surface area contributed by atoms with Gasteiger partial charge >= 0.3 is 5.97 Å². The van der Waals surface area contributed by atoms with Crippen LogP contribution in [0.15, 0.2) is 43.5 Å². The fourth-order valence-electron chi connectivity index (χ4n) is 7.13. The van der Waals surface area contributed by atoms with Crippen molar-refractivity contribution < 1.29 is 24.2 Å². The lowest BCUT2D eigenvalue weighted by Crippen LogP contribution is -2.58. The average Bonchev–Trinajstić information content (AvgIpc) is 3.52. The number of para-hydroxylation sites is 1. The average molecular weight is 648 g/mol. The summed E-state index contributed by atoms with van der Waals surface area (Å²) < 4.78 is 4.88. The van der Waals surface area contributed by atoms with Crippen molar-refractivity contribution in [1.82, 2.24) is 4.90 Å². The first-order chi connectivity index (χ1) is 19.5. The summed E-state index contributed by atoms with van der Waals surface area (Å²) in [4.78, 5) is 46.3. The van der Waals surface area contributed by atoms with E-state index in [4.69, 9.17) is 4.74 Å². The lowest BCUT2D eigenvalue weighted by atomic mass is 9.71. The molecule has 7 nitrogen and oxygen atoms in total. The number of hydrogen-bond acceptors (Lipinski definition) is 6. The summed E-state index contributed by atoms with van der Waals surface area (Å²) in [5, 5.41) is 10.4. The number of unbranched alkanes of at least 4 members (excludes halogenated alkanes) is 1. The maximum atomic E-state index is 14.9. The van der Waals surface area contributed by atoms with Gasteiger partial charge in [0.2, 0.25) is 5.91 Å². The number of allylic oxidation sites excluding steroid dienone is 1. The van der Waals surface area contributed by atoms with Gasteiger partial charge in [-0.2, -0.15) is 0 Å². The third-order valence-corrected chi connectivity index (χ3v) is 11.9. The monoisotopic (exact) mass is 646 g/mol. The highest BCUT2D eigenvalue weighted by atomic mass is 79.9. The van der Waals surface area contributed by atoms with E-state index in [1.807, 2.05) is 45.9 Å². The highest BCUT2D eigenvalue weighted by Gasteiger charge is 2.76. The van der Waals surface area contributed by atoms with Crippen molar-refractivity contribution in [2.24, 2.45) is 17.8 Å². The van der Waals surface area contributed by atoms with E-state index >= 15 is 0 Å². The Bertz CT molecular complexity index is 1170. The number of esters is 1. The van der Waals surface area contributed by atoms with Crippen LogP contribution in [0.25, 0.3) is 0 Å². The van der Waals surface area contributed by atoms with Crippen LogP contribution in [0, 0.1) is 31.6 Å². The number of thioether (sulfide) groups is 1. The third kappa shape index (κ3) is 5.66. The molecule has 3 fully saturated rings. The second-order valence-electron chi connectivity index (χ2n) is 12.0. The SMILES string of the molecule is C=CCCCOC(=O)[C@H]1[C@H]2C(=O)N([C@@H](CO)CC(C)C)C(C(=O)N(CC=C)c3c(C)cccc3C)C23CC(Br)[C@@H]1S3. The van der Waals surface area contributed by atoms with Crippen LogP contribution >= 0.6 is 27.7 Å². The number of fused-ring (bicyclic) bond motifs is 1. The van der Waals surface area contributed by atoms with Gasteiger partial charge in [-0.1, -0.05) is 60.1 Å². The molecule has 1 aromatic carbocycles. The largest absolute Gasteiger partial charge is 0.465 e. The molecule has 1 spiro atoms. The number of amides is 2. The smallest absolute Gasteiger partial charge is 0.310 e. The molecule has 41 heavy (non-hydrogen) atoms. The standard InChI is InChI=1S/C32H43BrN2O5S/c1-7-9-10-15-40-31(39)24-25-29(37)35(22(18-36)16-19(3)4)28(32(25)17-23(33)27(24)41-32)30(38)34(14-8-2)26-20(5)12-11-13-21(26)6/h7-8,11-13,19,22-25,27-28,36H,1-2,9-10,14-18H2,3-6H3/t22-,23?,24+,25+,27+,28?,32?/m1/s1. The zero-order valence-electron chi connectivity index (χ0n) is 24.6. The van der Waals surface area contributed by atoms with Gasteiger partial charge in [-0.05, 0) is 56.6 Å². The second kappa shape index (κ2) is 13.0. The minimum atomic E-state index is -0.844. The number of alkyl halides is 1. The molecule has 0 aromatic heterocycles. The van der Waals surface area contributed by atoms with Gasteiger partial charge in [0.15, 0.2) is 0 Å². The lowest BCUT2D eigenvalue weighted by Gasteiger charge is -2.40. The number of carbonyl (C=O) groups is 3. The van der Waals surface area contributed by atoms with E-state index in [-0.39, 0.29) is 53.5 Å². The molecule has 3 unspecified atom stereocenters. The summed E-state index contributed by atoms with van der Waals surface area (Å²) in [6, 6.07) is 4.52. The van der Waals surface area contributed by atoms with Gasteiger partial charge in [-0.15, -0.1) is 24.9 Å².